The summed E-state index contributed by atoms with van der Waals surface area (Å²) in [6, 6.07) is 10.6. The van der Waals surface area contributed by atoms with Gasteiger partial charge in [-0.25, -0.2) is 4.79 Å². The predicted molar refractivity (Wildman–Crippen MR) is 92.8 cm³/mol. The molecular weight excluding hydrogens is 348 g/mol. The van der Waals surface area contributed by atoms with Gasteiger partial charge in [0.05, 0.1) is 10.5 Å². The molecule has 8 heteroatoms. The summed E-state index contributed by atoms with van der Waals surface area (Å²) in [5.41, 5.74) is 0.494. The van der Waals surface area contributed by atoms with Gasteiger partial charge >= 0.3 is 5.97 Å². The van der Waals surface area contributed by atoms with Crippen LogP contribution in [-0.4, -0.2) is 22.9 Å². The Morgan fingerprint density at radius 1 is 1.24 bits per heavy atom. The van der Waals surface area contributed by atoms with Crippen molar-refractivity contribution in [2.75, 3.05) is 5.32 Å². The minimum atomic E-state index is -1.09. The second kappa shape index (κ2) is 7.76. The van der Waals surface area contributed by atoms with Crippen molar-refractivity contribution in [2.24, 2.45) is 0 Å². The van der Waals surface area contributed by atoms with Gasteiger partial charge in [-0.3, -0.25) is 14.9 Å². The molecule has 2 rings (SSSR count). The lowest BCUT2D eigenvalue weighted by atomic mass is 10.1. The molecule has 0 heterocycles. The number of hydrogen-bond donors (Lipinski definition) is 1. The maximum Gasteiger partial charge on any atom is 0.339 e. The predicted octanol–water partition coefficient (Wildman–Crippen LogP) is 3.74. The number of ether oxygens (including phenoxy) is 1. The minimum Gasteiger partial charge on any atom is -0.449 e. The Balaban J connectivity index is 2.08. The minimum absolute atomic E-state index is 0.0385. The summed E-state index contributed by atoms with van der Waals surface area (Å²) in [5.74, 6) is -1.35. The first-order valence-corrected chi connectivity index (χ1v) is 7.69. The van der Waals surface area contributed by atoms with Crippen LogP contribution in [0, 0.1) is 17.0 Å². The number of halogens is 1. The van der Waals surface area contributed by atoms with Crippen LogP contribution < -0.4 is 5.32 Å². The van der Waals surface area contributed by atoms with Gasteiger partial charge in [-0.05, 0) is 38.1 Å². The highest BCUT2D eigenvalue weighted by Gasteiger charge is 2.23. The van der Waals surface area contributed by atoms with Crippen molar-refractivity contribution in [3.63, 3.8) is 0 Å². The van der Waals surface area contributed by atoms with E-state index in [0.717, 1.165) is 0 Å². The summed E-state index contributed by atoms with van der Waals surface area (Å²) in [4.78, 5) is 34.7. The van der Waals surface area contributed by atoms with Crippen LogP contribution in [0.3, 0.4) is 0 Å². The van der Waals surface area contributed by atoms with Crippen LogP contribution in [0.2, 0.25) is 5.02 Å². The highest BCUT2D eigenvalue weighted by atomic mass is 35.5. The summed E-state index contributed by atoms with van der Waals surface area (Å²) in [6.07, 6.45) is -1.09. The second-order valence-corrected chi connectivity index (χ2v) is 5.69. The van der Waals surface area contributed by atoms with E-state index in [9.17, 15) is 19.7 Å². The van der Waals surface area contributed by atoms with Gasteiger partial charge in [0.25, 0.3) is 11.6 Å². The molecule has 0 radical (unpaired) electrons. The number of nitro groups is 1. The van der Waals surface area contributed by atoms with E-state index in [2.05, 4.69) is 5.32 Å². The molecule has 1 atom stereocenters. The Kier molecular flexibility index (Phi) is 5.71. The monoisotopic (exact) mass is 362 g/mol. The molecule has 0 aliphatic rings. The largest absolute Gasteiger partial charge is 0.449 e. The first-order valence-electron chi connectivity index (χ1n) is 7.31. The van der Waals surface area contributed by atoms with Crippen LogP contribution in [0.4, 0.5) is 11.4 Å². The number of nitro benzene ring substituents is 1. The highest BCUT2D eigenvalue weighted by molar-refractivity contribution is 6.30. The smallest absolute Gasteiger partial charge is 0.339 e. The molecule has 25 heavy (non-hydrogen) atoms. The van der Waals surface area contributed by atoms with Gasteiger partial charge in [0, 0.05) is 22.3 Å². The van der Waals surface area contributed by atoms with E-state index in [4.69, 9.17) is 16.3 Å². The van der Waals surface area contributed by atoms with Crippen LogP contribution in [0.5, 0.6) is 0 Å². The number of carbonyl (C=O) groups is 2. The average molecular weight is 363 g/mol. The fourth-order valence-corrected chi connectivity index (χ4v) is 2.32. The number of amides is 1. The number of hydrogen-bond acceptors (Lipinski definition) is 5. The zero-order chi connectivity index (χ0) is 18.6. The first kappa shape index (κ1) is 18.4. The van der Waals surface area contributed by atoms with E-state index in [1.54, 1.807) is 24.3 Å². The molecule has 0 bridgehead atoms. The number of esters is 1. The third kappa shape index (κ3) is 4.54. The molecule has 7 nitrogen and oxygen atoms in total. The van der Waals surface area contributed by atoms with Crippen molar-refractivity contribution in [1.82, 2.24) is 0 Å². The van der Waals surface area contributed by atoms with E-state index < -0.39 is 22.9 Å². The van der Waals surface area contributed by atoms with Crippen molar-refractivity contribution in [3.8, 4) is 0 Å². The molecule has 0 aliphatic heterocycles. The van der Waals surface area contributed by atoms with Gasteiger partial charge in [-0.15, -0.1) is 0 Å². The molecule has 0 aliphatic carbocycles. The molecule has 1 N–H and O–H groups in total. The van der Waals surface area contributed by atoms with Crippen LogP contribution in [-0.2, 0) is 9.53 Å². The Morgan fingerprint density at radius 3 is 2.56 bits per heavy atom. The summed E-state index contributed by atoms with van der Waals surface area (Å²) in [7, 11) is 0. The zero-order valence-corrected chi connectivity index (χ0v) is 14.2. The van der Waals surface area contributed by atoms with Crippen LogP contribution in [0.1, 0.15) is 22.8 Å². The van der Waals surface area contributed by atoms with Gasteiger partial charge in [0.15, 0.2) is 6.10 Å². The molecule has 0 spiro atoms. The Bertz CT molecular complexity index is 838. The van der Waals surface area contributed by atoms with E-state index >= 15 is 0 Å². The first-order chi connectivity index (χ1) is 11.8. The van der Waals surface area contributed by atoms with Gasteiger partial charge in [-0.2, -0.15) is 0 Å². The molecular formula is C17H15ClN2O5. The molecule has 0 fully saturated rings. The van der Waals surface area contributed by atoms with Crippen LogP contribution in [0.15, 0.2) is 42.5 Å². The number of benzene rings is 2. The topological polar surface area (TPSA) is 98.5 Å². The lowest BCUT2D eigenvalue weighted by Crippen LogP contribution is -2.30. The Labute approximate surface area is 148 Å². The molecule has 0 unspecified atom stereocenters. The van der Waals surface area contributed by atoms with E-state index in [1.807, 2.05) is 0 Å². The zero-order valence-electron chi connectivity index (χ0n) is 13.5. The average Bonchev–Trinajstić information content (AvgIpc) is 2.54. The second-order valence-electron chi connectivity index (χ2n) is 5.25. The maximum absolute atomic E-state index is 12.2. The molecule has 0 saturated heterocycles. The summed E-state index contributed by atoms with van der Waals surface area (Å²) in [6.45, 7) is 2.86. The van der Waals surface area contributed by atoms with Gasteiger partial charge < -0.3 is 10.1 Å². The third-order valence-corrected chi connectivity index (χ3v) is 3.70. The molecule has 0 aromatic heterocycles. The number of carbonyl (C=O) groups excluding carboxylic acids is 2. The standard InChI is InChI=1S/C17H15ClN2O5/c1-10-14(7-4-8-15(10)20(23)24)17(22)25-11(2)16(21)19-13-6-3-5-12(18)9-13/h3-9,11H,1-2H3,(H,19,21)/t11-/m0/s1. The molecule has 0 saturated carbocycles. The number of nitrogens with zero attached hydrogens (tertiary/aromatic N) is 1. The van der Waals surface area contributed by atoms with Crippen molar-refractivity contribution in [1.29, 1.82) is 0 Å². The van der Waals surface area contributed by atoms with Crippen molar-refractivity contribution in [2.45, 2.75) is 20.0 Å². The number of anilines is 1. The fourth-order valence-electron chi connectivity index (χ4n) is 2.13. The van der Waals surface area contributed by atoms with Gasteiger partial charge in [-0.1, -0.05) is 23.7 Å². The fraction of sp³-hybridized carbons (Fsp3) is 0.176. The van der Waals surface area contributed by atoms with Crippen molar-refractivity contribution in [3.05, 3.63) is 68.7 Å². The lowest BCUT2D eigenvalue weighted by Gasteiger charge is -2.14. The number of rotatable bonds is 5. The van der Waals surface area contributed by atoms with Gasteiger partial charge in [0.1, 0.15) is 0 Å². The van der Waals surface area contributed by atoms with E-state index in [1.165, 1.54) is 32.0 Å². The summed E-state index contributed by atoms with van der Waals surface area (Å²) >= 11 is 5.84. The summed E-state index contributed by atoms with van der Waals surface area (Å²) < 4.78 is 5.11. The van der Waals surface area contributed by atoms with E-state index in [-0.39, 0.29) is 16.8 Å². The molecule has 1 amide bonds. The quantitative estimate of drug-likeness (QED) is 0.496. The Hall–Kier alpha value is -2.93. The SMILES string of the molecule is Cc1c(C(=O)O[C@@H](C)C(=O)Nc2cccc(Cl)c2)cccc1[N+](=O)[O-]. The van der Waals surface area contributed by atoms with Crippen LogP contribution in [0.25, 0.3) is 0 Å². The highest BCUT2D eigenvalue weighted by Crippen LogP contribution is 2.22. The maximum atomic E-state index is 12.2. The molecule has 2 aromatic rings. The number of nitrogens with one attached hydrogen (secondary N) is 1. The van der Waals surface area contributed by atoms with Crippen molar-refractivity contribution < 1.29 is 19.2 Å². The van der Waals surface area contributed by atoms with E-state index in [0.29, 0.717) is 10.7 Å². The Morgan fingerprint density at radius 2 is 1.92 bits per heavy atom. The third-order valence-electron chi connectivity index (χ3n) is 3.47. The van der Waals surface area contributed by atoms with Crippen molar-refractivity contribution >= 4 is 34.9 Å². The molecule has 130 valence electrons. The van der Waals surface area contributed by atoms with Gasteiger partial charge in [0.2, 0.25) is 0 Å². The van der Waals surface area contributed by atoms with Crippen LogP contribution >= 0.6 is 11.6 Å². The normalized spacial score (nSPS) is 11.5. The molecule has 2 aromatic carbocycles. The summed E-state index contributed by atoms with van der Waals surface area (Å²) in [5, 5.41) is 14.0. The lowest BCUT2D eigenvalue weighted by molar-refractivity contribution is -0.385.